The van der Waals surface area contributed by atoms with Gasteiger partial charge in [-0.25, -0.2) is 0 Å². The average molecular weight is 542 g/mol. The number of benzene rings is 3. The van der Waals surface area contributed by atoms with E-state index >= 15 is 0 Å². The molecule has 186 valence electrons. The summed E-state index contributed by atoms with van der Waals surface area (Å²) in [5.74, 6) is -0.0698. The Labute approximate surface area is 224 Å². The minimum Gasteiger partial charge on any atom is -0.479 e. The summed E-state index contributed by atoms with van der Waals surface area (Å²) in [4.78, 5) is 14.1. The van der Waals surface area contributed by atoms with E-state index in [1.807, 2.05) is 30.3 Å². The Morgan fingerprint density at radius 3 is 2.53 bits per heavy atom. The number of fused-ring (bicyclic) bond motifs is 1. The summed E-state index contributed by atoms with van der Waals surface area (Å²) in [7, 11) is 0. The van der Waals surface area contributed by atoms with Gasteiger partial charge in [-0.05, 0) is 86.1 Å². The van der Waals surface area contributed by atoms with Crippen LogP contribution in [0.5, 0.6) is 5.75 Å². The molecule has 7 nitrogen and oxygen atoms in total. The third-order valence-electron chi connectivity index (χ3n) is 5.43. The van der Waals surface area contributed by atoms with Gasteiger partial charge in [-0.2, -0.15) is 4.80 Å². The quantitative estimate of drug-likeness (QED) is 0.253. The monoisotopic (exact) mass is 541 g/mol. The number of aryl methyl sites for hydroxylation is 1. The van der Waals surface area contributed by atoms with Gasteiger partial charge in [0.05, 0.1) is 10.7 Å². The van der Waals surface area contributed by atoms with Crippen LogP contribution in [0.25, 0.3) is 16.7 Å². The number of anilines is 1. The molecule has 4 aromatic rings. The zero-order valence-electron chi connectivity index (χ0n) is 19.8. The smallest absolute Gasteiger partial charge is 0.266 e. The number of rotatable bonds is 8. The molecule has 10 heteroatoms. The molecule has 1 aromatic heterocycles. The average Bonchev–Trinajstić information content (AvgIpc) is 3.28. The van der Waals surface area contributed by atoms with Crippen molar-refractivity contribution in [2.24, 2.45) is 0 Å². The first-order valence-electron chi connectivity index (χ1n) is 11.5. The van der Waals surface area contributed by atoms with Gasteiger partial charge in [0.2, 0.25) is 0 Å². The van der Waals surface area contributed by atoms with Crippen LogP contribution in [0.15, 0.2) is 60.7 Å². The molecule has 0 radical (unpaired) electrons. The Kier molecular flexibility index (Phi) is 8.40. The van der Waals surface area contributed by atoms with Gasteiger partial charge in [0, 0.05) is 10.7 Å². The number of carbonyl (C=O) groups excluding carboxylic acids is 1. The van der Waals surface area contributed by atoms with Crippen molar-refractivity contribution in [2.45, 2.75) is 39.2 Å². The highest BCUT2D eigenvalue weighted by molar-refractivity contribution is 7.80. The summed E-state index contributed by atoms with van der Waals surface area (Å²) in [6.07, 6.45) is 2.57. The Balaban J connectivity index is 1.37. The van der Waals surface area contributed by atoms with Crippen molar-refractivity contribution in [1.29, 1.82) is 0 Å². The molecule has 1 heterocycles. The molecule has 1 atom stereocenters. The minimum atomic E-state index is -0.834. The number of amides is 1. The van der Waals surface area contributed by atoms with E-state index in [9.17, 15) is 4.79 Å². The first-order valence-corrected chi connectivity index (χ1v) is 12.7. The maximum Gasteiger partial charge on any atom is 0.266 e. The number of nitrogens with one attached hydrogen (secondary N) is 2. The Morgan fingerprint density at radius 1 is 1.06 bits per heavy atom. The Hall–Kier alpha value is -3.20. The van der Waals surface area contributed by atoms with E-state index in [1.54, 1.807) is 29.9 Å². The van der Waals surface area contributed by atoms with Gasteiger partial charge in [0.1, 0.15) is 16.8 Å². The first-order chi connectivity index (χ1) is 17.3. The summed E-state index contributed by atoms with van der Waals surface area (Å²) in [5, 5.41) is 15.7. The molecule has 1 unspecified atom stereocenters. The number of aromatic nitrogens is 3. The Bertz CT molecular complexity index is 1390. The van der Waals surface area contributed by atoms with E-state index in [0.29, 0.717) is 27.0 Å². The maximum absolute atomic E-state index is 12.5. The third-order valence-corrected chi connectivity index (χ3v) is 6.16. The summed E-state index contributed by atoms with van der Waals surface area (Å²) < 4.78 is 5.63. The molecule has 1 amide bonds. The highest BCUT2D eigenvalue weighted by Gasteiger charge is 2.18. The maximum atomic E-state index is 12.5. The second-order valence-electron chi connectivity index (χ2n) is 8.24. The SMILES string of the molecule is CCCCc1ccc(-n2nc3ccc(NC(=S)NC(=O)C(C)Oc4ccc(Cl)cc4Cl)cc3n2)cc1. The summed E-state index contributed by atoms with van der Waals surface area (Å²) >= 11 is 17.3. The highest BCUT2D eigenvalue weighted by Crippen LogP contribution is 2.28. The number of ether oxygens (including phenoxy) is 1. The van der Waals surface area contributed by atoms with Gasteiger partial charge in [0.25, 0.3) is 5.91 Å². The molecule has 3 aromatic carbocycles. The van der Waals surface area contributed by atoms with Crippen molar-refractivity contribution in [3.63, 3.8) is 0 Å². The van der Waals surface area contributed by atoms with Crippen molar-refractivity contribution >= 4 is 63.2 Å². The molecule has 0 aliphatic heterocycles. The fourth-order valence-corrected chi connectivity index (χ4v) is 4.15. The van der Waals surface area contributed by atoms with E-state index in [4.69, 9.17) is 40.2 Å². The van der Waals surface area contributed by atoms with Crippen LogP contribution in [-0.2, 0) is 11.2 Å². The molecule has 4 rings (SSSR count). The fourth-order valence-electron chi connectivity index (χ4n) is 3.48. The van der Waals surface area contributed by atoms with Gasteiger partial charge in [-0.1, -0.05) is 48.7 Å². The largest absolute Gasteiger partial charge is 0.479 e. The predicted octanol–water partition coefficient (Wildman–Crippen LogP) is 6.35. The van der Waals surface area contributed by atoms with Crippen molar-refractivity contribution in [1.82, 2.24) is 20.3 Å². The van der Waals surface area contributed by atoms with Gasteiger partial charge < -0.3 is 10.1 Å². The van der Waals surface area contributed by atoms with Crippen LogP contribution in [0.3, 0.4) is 0 Å². The van der Waals surface area contributed by atoms with Gasteiger partial charge in [-0.15, -0.1) is 10.2 Å². The molecule has 0 fully saturated rings. The van der Waals surface area contributed by atoms with Crippen LogP contribution in [-0.4, -0.2) is 32.1 Å². The second kappa shape index (κ2) is 11.7. The number of halogens is 2. The van der Waals surface area contributed by atoms with Crippen molar-refractivity contribution < 1.29 is 9.53 Å². The van der Waals surface area contributed by atoms with Gasteiger partial charge in [-0.3, -0.25) is 10.1 Å². The third kappa shape index (κ3) is 6.51. The second-order valence-corrected chi connectivity index (χ2v) is 9.49. The molecule has 0 aliphatic carbocycles. The van der Waals surface area contributed by atoms with E-state index < -0.39 is 12.0 Å². The molecular formula is C26H25Cl2N5O2S. The van der Waals surface area contributed by atoms with E-state index in [0.717, 1.165) is 17.6 Å². The zero-order valence-corrected chi connectivity index (χ0v) is 22.1. The van der Waals surface area contributed by atoms with Crippen LogP contribution in [0.4, 0.5) is 5.69 Å². The molecule has 0 saturated heterocycles. The van der Waals surface area contributed by atoms with Gasteiger partial charge in [0.15, 0.2) is 11.2 Å². The number of carbonyl (C=O) groups is 1. The van der Waals surface area contributed by atoms with Crippen LogP contribution >= 0.6 is 35.4 Å². The molecule has 2 N–H and O–H groups in total. The number of thiocarbonyl (C=S) groups is 1. The Morgan fingerprint density at radius 2 is 1.81 bits per heavy atom. The van der Waals surface area contributed by atoms with Crippen molar-refractivity contribution in [2.75, 3.05) is 5.32 Å². The number of nitrogens with zero attached hydrogens (tertiary/aromatic N) is 3. The summed E-state index contributed by atoms with van der Waals surface area (Å²) in [5.41, 5.74) is 4.30. The van der Waals surface area contributed by atoms with Crippen molar-refractivity contribution in [3.8, 4) is 11.4 Å². The van der Waals surface area contributed by atoms with Crippen LogP contribution in [0.1, 0.15) is 32.3 Å². The predicted molar refractivity (Wildman–Crippen MR) is 148 cm³/mol. The number of hydrogen-bond donors (Lipinski definition) is 2. The van der Waals surface area contributed by atoms with Crippen LogP contribution < -0.4 is 15.4 Å². The normalized spacial score (nSPS) is 11.8. The van der Waals surface area contributed by atoms with Gasteiger partial charge >= 0.3 is 0 Å². The lowest BCUT2D eigenvalue weighted by atomic mass is 10.1. The lowest BCUT2D eigenvalue weighted by molar-refractivity contribution is -0.125. The first kappa shape index (κ1) is 25.9. The lowest BCUT2D eigenvalue weighted by Crippen LogP contribution is -2.42. The van der Waals surface area contributed by atoms with E-state index in [-0.39, 0.29) is 5.11 Å². The summed E-state index contributed by atoms with van der Waals surface area (Å²) in [6.45, 7) is 3.79. The topological polar surface area (TPSA) is 81.1 Å². The summed E-state index contributed by atoms with van der Waals surface area (Å²) in [6, 6.07) is 18.5. The minimum absolute atomic E-state index is 0.132. The number of hydrogen-bond acceptors (Lipinski definition) is 5. The van der Waals surface area contributed by atoms with Crippen molar-refractivity contribution in [3.05, 3.63) is 76.3 Å². The molecular weight excluding hydrogens is 517 g/mol. The number of unbranched alkanes of at least 4 members (excludes halogenated alkanes) is 1. The highest BCUT2D eigenvalue weighted by atomic mass is 35.5. The molecule has 0 bridgehead atoms. The molecule has 0 saturated carbocycles. The molecule has 36 heavy (non-hydrogen) atoms. The van der Waals surface area contributed by atoms with Crippen LogP contribution in [0, 0.1) is 0 Å². The fraction of sp³-hybridized carbons (Fsp3) is 0.231. The molecule has 0 spiro atoms. The standard InChI is InChI=1S/C26H25Cl2N5O2S/c1-3-4-5-17-6-10-20(11-7-17)33-31-22-12-9-19(15-23(22)32-33)29-26(36)30-25(34)16(2)35-24-13-8-18(27)14-21(24)28/h6-16H,3-5H2,1-2H3,(H2,29,30,34,36). The van der Waals surface area contributed by atoms with Crippen LogP contribution in [0.2, 0.25) is 10.0 Å². The van der Waals surface area contributed by atoms with E-state index in [1.165, 1.54) is 18.4 Å². The molecule has 0 aliphatic rings. The zero-order chi connectivity index (χ0) is 25.7. The lowest BCUT2D eigenvalue weighted by Gasteiger charge is -2.16. The van der Waals surface area contributed by atoms with E-state index in [2.05, 4.69) is 39.9 Å².